The molecule has 3 aromatic rings. The molecule has 0 saturated carbocycles. The molecule has 4 rings (SSSR count). The fourth-order valence-electron chi connectivity index (χ4n) is 3.67. The first-order valence-electron chi connectivity index (χ1n) is 16.6. The monoisotopic (exact) mass is 945 g/mol. The molecule has 0 bridgehead atoms. The lowest BCUT2D eigenvalue weighted by atomic mass is 10.1. The van der Waals surface area contributed by atoms with Crippen LogP contribution >= 0.6 is 34.0 Å². The van der Waals surface area contributed by atoms with Gasteiger partial charge < -0.3 is 44.7 Å². The van der Waals surface area contributed by atoms with E-state index >= 15 is 0 Å². The maximum Gasteiger partial charge on any atom is 0.522 e. The van der Waals surface area contributed by atoms with Crippen molar-refractivity contribution >= 4 is 54.2 Å². The molecule has 3 aromatic heterocycles. The van der Waals surface area contributed by atoms with Crippen LogP contribution in [0.4, 0.5) is 26.3 Å². The number of ether oxygens (including phenoxy) is 5. The Morgan fingerprint density at radius 3 is 1.60 bits per heavy atom. The molecule has 0 aromatic carbocycles. The molecule has 0 aliphatic carbocycles. The summed E-state index contributed by atoms with van der Waals surface area (Å²) in [5, 5.41) is 28.0. The van der Waals surface area contributed by atoms with E-state index < -0.39 is 31.3 Å². The SMILES string of the molecule is CNCC(OC)OC.CNCC(OC)OCCc1ccsc1.CNCC1OCCc2ccsc21.O=S(=O)(O)C(F)(F)F.O=S(=O)(O)C(F)(F)F.OCCc1ccsc1. The number of hydrogen-bond donors (Lipinski definition) is 6. The Labute approximate surface area is 347 Å². The zero-order valence-corrected chi connectivity index (χ0v) is 36.6. The highest BCUT2D eigenvalue weighted by molar-refractivity contribution is 7.86. The van der Waals surface area contributed by atoms with Gasteiger partial charge in [0.2, 0.25) is 0 Å². The van der Waals surface area contributed by atoms with Gasteiger partial charge in [-0.15, -0.1) is 11.3 Å². The summed E-state index contributed by atoms with van der Waals surface area (Å²) in [5.74, 6) is 0. The van der Waals surface area contributed by atoms with Crippen LogP contribution in [0, 0.1) is 0 Å². The molecule has 4 heterocycles. The average Bonchev–Trinajstić information content (AvgIpc) is 3.95. The molecule has 0 amide bonds. The minimum Gasteiger partial charge on any atom is -0.396 e. The number of alkyl halides is 6. The van der Waals surface area contributed by atoms with E-state index in [1.165, 1.54) is 21.6 Å². The van der Waals surface area contributed by atoms with Crippen LogP contribution in [0.25, 0.3) is 0 Å². The van der Waals surface area contributed by atoms with E-state index in [0.717, 1.165) is 45.5 Å². The average molecular weight is 946 g/mol. The summed E-state index contributed by atoms with van der Waals surface area (Å²) in [6, 6.07) is 6.36. The second kappa shape index (κ2) is 31.9. The molecule has 15 nitrogen and oxygen atoms in total. The van der Waals surface area contributed by atoms with Crippen molar-refractivity contribution in [3.8, 4) is 0 Å². The van der Waals surface area contributed by atoms with Gasteiger partial charge in [-0.3, -0.25) is 9.11 Å². The normalized spacial score (nSPS) is 14.4. The van der Waals surface area contributed by atoms with Gasteiger partial charge in [-0.1, -0.05) is 0 Å². The zero-order valence-electron chi connectivity index (χ0n) is 32.5. The highest BCUT2D eigenvalue weighted by Gasteiger charge is 2.45. The van der Waals surface area contributed by atoms with Crippen LogP contribution in [0.5, 0.6) is 0 Å². The summed E-state index contributed by atoms with van der Waals surface area (Å²) >= 11 is 5.19. The Hall–Kier alpha value is -1.86. The molecule has 2 atom stereocenters. The summed E-state index contributed by atoms with van der Waals surface area (Å²) in [6.45, 7) is 4.21. The van der Waals surface area contributed by atoms with Crippen LogP contribution < -0.4 is 16.0 Å². The van der Waals surface area contributed by atoms with E-state index in [4.69, 9.17) is 54.7 Å². The lowest BCUT2D eigenvalue weighted by Crippen LogP contribution is -2.28. The van der Waals surface area contributed by atoms with Gasteiger partial charge in [-0.05, 0) is 102 Å². The Morgan fingerprint density at radius 2 is 1.24 bits per heavy atom. The summed E-state index contributed by atoms with van der Waals surface area (Å²) < 4.78 is 141. The van der Waals surface area contributed by atoms with Crippen LogP contribution in [-0.4, -0.2) is 137 Å². The number of hydrogen-bond acceptors (Lipinski definition) is 16. The van der Waals surface area contributed by atoms with Gasteiger partial charge in [0, 0.05) is 52.4 Å². The maximum absolute atomic E-state index is 10.7. The standard InChI is InChI=1S/C10H17NO2S.C9H13NOS.C6H8OS.C5H13NO2.2CHF3O3S/c1-11-7-10(12-2)13-5-3-9-4-6-14-8-9;1-10-6-8-9-7(2-4-11-8)3-5-12-9;7-3-1-6-2-4-8-5-6;1-6-4-5(7-2)8-3;2*2-1(3,4)8(5,6)7/h4,6,8,10-11H,3,5,7H2,1-2H3;3,5,8,10H,2,4,6H2,1H3;2,4-5,7H,1,3H2;5-6H,4H2,1-3H3;2*(H,5,6,7). The Morgan fingerprint density at radius 1 is 0.776 bits per heavy atom. The number of aliphatic hydroxyl groups is 1. The van der Waals surface area contributed by atoms with Crippen LogP contribution in [0.15, 0.2) is 45.1 Å². The molecule has 6 N–H and O–H groups in total. The molecule has 0 saturated heterocycles. The number of nitrogens with one attached hydrogen (secondary N) is 3. The Bertz CT molecular complexity index is 1570. The third-order valence-corrected chi connectivity index (χ3v) is 10.2. The lowest BCUT2D eigenvalue weighted by molar-refractivity contribution is -0.119. The van der Waals surface area contributed by atoms with Crippen molar-refractivity contribution in [3.63, 3.8) is 0 Å². The number of fused-ring (bicyclic) bond motifs is 1. The van der Waals surface area contributed by atoms with E-state index in [0.29, 0.717) is 12.7 Å². The molecule has 1 aliphatic heterocycles. The van der Waals surface area contributed by atoms with Crippen molar-refractivity contribution in [1.82, 2.24) is 16.0 Å². The van der Waals surface area contributed by atoms with Gasteiger partial charge in [0.25, 0.3) is 0 Å². The lowest BCUT2D eigenvalue weighted by Gasteiger charge is -2.22. The van der Waals surface area contributed by atoms with Gasteiger partial charge in [0.1, 0.15) is 6.10 Å². The van der Waals surface area contributed by atoms with E-state index in [-0.39, 0.29) is 19.2 Å². The molecule has 58 heavy (non-hydrogen) atoms. The summed E-state index contributed by atoms with van der Waals surface area (Å²) in [5.41, 5.74) is -7.03. The second-order valence-corrected chi connectivity index (χ2v) is 16.2. The topological polar surface area (TPSA) is 211 Å². The smallest absolute Gasteiger partial charge is 0.396 e. The predicted octanol–water partition coefficient (Wildman–Crippen LogP) is 4.98. The highest BCUT2D eigenvalue weighted by atomic mass is 32.2. The zero-order chi connectivity index (χ0) is 44.8. The molecule has 26 heteroatoms. The molecular formula is C32H53F6N3O12S5. The van der Waals surface area contributed by atoms with Crippen LogP contribution in [0.1, 0.15) is 27.7 Å². The van der Waals surface area contributed by atoms with Crippen LogP contribution in [-0.2, 0) is 63.2 Å². The van der Waals surface area contributed by atoms with E-state index in [2.05, 4.69) is 49.6 Å². The first kappa shape index (κ1) is 58.2. The maximum atomic E-state index is 10.7. The molecule has 2 unspecified atom stereocenters. The van der Waals surface area contributed by atoms with Gasteiger partial charge >= 0.3 is 31.3 Å². The van der Waals surface area contributed by atoms with E-state index in [9.17, 15) is 26.3 Å². The third kappa shape index (κ3) is 27.8. The molecular weight excluding hydrogens is 893 g/mol. The van der Waals surface area contributed by atoms with Gasteiger partial charge in [-0.2, -0.15) is 65.9 Å². The quantitative estimate of drug-likeness (QED) is 0.0514. The van der Waals surface area contributed by atoms with Gasteiger partial charge in [0.15, 0.2) is 12.6 Å². The van der Waals surface area contributed by atoms with Crippen molar-refractivity contribution in [2.24, 2.45) is 0 Å². The first-order chi connectivity index (χ1) is 27.1. The van der Waals surface area contributed by atoms with E-state index in [1.807, 2.05) is 43.9 Å². The summed E-state index contributed by atoms with van der Waals surface area (Å²) in [7, 11) is -1.09. The van der Waals surface area contributed by atoms with Gasteiger partial charge in [0.05, 0.1) is 13.2 Å². The number of rotatable bonds is 15. The summed E-state index contributed by atoms with van der Waals surface area (Å²) in [4.78, 5) is 1.41. The largest absolute Gasteiger partial charge is 0.522 e. The minimum absolute atomic E-state index is 0.111. The van der Waals surface area contributed by atoms with Crippen LogP contribution in [0.3, 0.4) is 0 Å². The molecule has 0 radical (unpaired) electrons. The fraction of sp³-hybridized carbons (Fsp3) is 0.625. The molecule has 0 fully saturated rings. The van der Waals surface area contributed by atoms with Crippen molar-refractivity contribution in [3.05, 3.63) is 66.7 Å². The first-order valence-corrected chi connectivity index (χ1v) is 22.2. The Kier molecular flexibility index (Phi) is 32.1. The van der Waals surface area contributed by atoms with Crippen molar-refractivity contribution in [2.45, 2.75) is 49.0 Å². The van der Waals surface area contributed by atoms with Crippen molar-refractivity contribution < 1.29 is 81.1 Å². The molecule has 340 valence electrons. The minimum atomic E-state index is -5.84. The van der Waals surface area contributed by atoms with Crippen LogP contribution in [0.2, 0.25) is 0 Å². The second-order valence-electron chi connectivity index (χ2n) is 10.9. The number of aliphatic hydroxyl groups excluding tert-OH is 1. The number of methoxy groups -OCH3 is 3. The predicted molar refractivity (Wildman–Crippen MR) is 211 cm³/mol. The number of halogens is 6. The highest BCUT2D eigenvalue weighted by Crippen LogP contribution is 2.31. The number of likely N-dealkylation sites (N-methyl/N-ethyl adjacent to an activating group) is 3. The van der Waals surface area contributed by atoms with Gasteiger partial charge in [-0.25, -0.2) is 0 Å². The van der Waals surface area contributed by atoms with Crippen molar-refractivity contribution in [2.75, 3.05) is 81.9 Å². The third-order valence-electron chi connectivity index (χ3n) is 6.52. The number of thiophene rings is 3. The Balaban J connectivity index is 0. The summed E-state index contributed by atoms with van der Waals surface area (Å²) in [6.07, 6.45) is 2.87. The van der Waals surface area contributed by atoms with Crippen molar-refractivity contribution in [1.29, 1.82) is 0 Å². The molecule has 1 aliphatic rings. The fourth-order valence-corrected chi connectivity index (χ4v) is 6.08. The molecule has 0 spiro atoms. The van der Waals surface area contributed by atoms with E-state index in [1.54, 1.807) is 44.0 Å².